The highest BCUT2D eigenvalue weighted by molar-refractivity contribution is 5.44. The molecule has 1 aliphatic heterocycles. The topological polar surface area (TPSA) is 44.5 Å². The summed E-state index contributed by atoms with van der Waals surface area (Å²) in [6.07, 6.45) is 6.05. The molecule has 20 heavy (non-hydrogen) atoms. The molecule has 1 saturated carbocycles. The molecular weight excluding hydrogens is 250 g/mol. The predicted molar refractivity (Wildman–Crippen MR) is 80.1 cm³/mol. The van der Waals surface area contributed by atoms with E-state index in [9.17, 15) is 0 Å². The number of fused-ring (bicyclic) bond motifs is 1. The van der Waals surface area contributed by atoms with E-state index in [2.05, 4.69) is 19.1 Å². The van der Waals surface area contributed by atoms with Crippen molar-refractivity contribution in [3.05, 3.63) is 23.8 Å². The molecule has 1 unspecified atom stereocenters. The Balaban J connectivity index is 1.74. The lowest BCUT2D eigenvalue weighted by Gasteiger charge is -2.31. The molecule has 0 amide bonds. The summed E-state index contributed by atoms with van der Waals surface area (Å²) < 4.78 is 11.4. The normalized spacial score (nSPS) is 27.7. The number of benzene rings is 1. The van der Waals surface area contributed by atoms with Crippen molar-refractivity contribution >= 4 is 0 Å². The second kappa shape index (κ2) is 6.04. The van der Waals surface area contributed by atoms with Crippen LogP contribution in [0.4, 0.5) is 0 Å². The molecule has 1 atom stereocenters. The molecule has 0 aromatic heterocycles. The third kappa shape index (κ3) is 2.93. The molecule has 1 fully saturated rings. The minimum absolute atomic E-state index is 0.125. The van der Waals surface area contributed by atoms with Crippen LogP contribution in [0, 0.1) is 11.8 Å². The maximum atomic E-state index is 6.49. The van der Waals surface area contributed by atoms with E-state index in [0.29, 0.717) is 5.92 Å². The van der Waals surface area contributed by atoms with Gasteiger partial charge in [-0.3, -0.25) is 0 Å². The molecule has 0 bridgehead atoms. The van der Waals surface area contributed by atoms with Gasteiger partial charge in [-0.15, -0.1) is 0 Å². The summed E-state index contributed by atoms with van der Waals surface area (Å²) in [6, 6.07) is 6.33. The zero-order valence-electron chi connectivity index (χ0n) is 12.3. The molecule has 3 heteroatoms. The number of rotatable bonds is 2. The van der Waals surface area contributed by atoms with Gasteiger partial charge in [-0.25, -0.2) is 0 Å². The van der Waals surface area contributed by atoms with Crippen molar-refractivity contribution in [2.45, 2.75) is 45.1 Å². The lowest BCUT2D eigenvalue weighted by molar-refractivity contribution is 0.255. The summed E-state index contributed by atoms with van der Waals surface area (Å²) in [4.78, 5) is 0. The molecular formula is C17H25NO2. The van der Waals surface area contributed by atoms with Crippen molar-refractivity contribution in [1.82, 2.24) is 0 Å². The van der Waals surface area contributed by atoms with E-state index in [-0.39, 0.29) is 6.04 Å². The van der Waals surface area contributed by atoms with Crippen LogP contribution in [0.25, 0.3) is 0 Å². The van der Waals surface area contributed by atoms with Gasteiger partial charge < -0.3 is 15.2 Å². The van der Waals surface area contributed by atoms with E-state index in [0.717, 1.165) is 37.1 Å². The third-order valence-electron chi connectivity index (χ3n) is 4.72. The Labute approximate surface area is 121 Å². The fourth-order valence-electron chi connectivity index (χ4n) is 3.30. The molecule has 3 nitrogen and oxygen atoms in total. The summed E-state index contributed by atoms with van der Waals surface area (Å²) in [5, 5.41) is 0. The van der Waals surface area contributed by atoms with E-state index >= 15 is 0 Å². The quantitative estimate of drug-likeness (QED) is 0.895. The van der Waals surface area contributed by atoms with Crippen molar-refractivity contribution in [2.24, 2.45) is 17.6 Å². The Kier molecular flexibility index (Phi) is 4.16. The van der Waals surface area contributed by atoms with Crippen LogP contribution in [-0.4, -0.2) is 13.2 Å². The van der Waals surface area contributed by atoms with E-state index in [1.54, 1.807) is 0 Å². The van der Waals surface area contributed by atoms with Crippen LogP contribution in [-0.2, 0) is 0 Å². The SMILES string of the molecule is CC1CCC(C(N)c2ccc3c(c2)OCCCO3)CC1. The minimum atomic E-state index is 0.125. The average molecular weight is 275 g/mol. The Hall–Kier alpha value is -1.22. The zero-order valence-corrected chi connectivity index (χ0v) is 12.3. The van der Waals surface area contributed by atoms with Gasteiger partial charge in [0.15, 0.2) is 11.5 Å². The van der Waals surface area contributed by atoms with Crippen LogP contribution in [0.3, 0.4) is 0 Å². The monoisotopic (exact) mass is 275 g/mol. The van der Waals surface area contributed by atoms with Crippen molar-refractivity contribution in [3.63, 3.8) is 0 Å². The first-order valence-corrected chi connectivity index (χ1v) is 7.89. The predicted octanol–water partition coefficient (Wildman–Crippen LogP) is 3.67. The molecule has 0 spiro atoms. The third-order valence-corrected chi connectivity index (χ3v) is 4.72. The maximum absolute atomic E-state index is 6.49. The molecule has 1 heterocycles. The van der Waals surface area contributed by atoms with Crippen molar-refractivity contribution in [1.29, 1.82) is 0 Å². The van der Waals surface area contributed by atoms with E-state index in [1.165, 1.54) is 31.2 Å². The highest BCUT2D eigenvalue weighted by Crippen LogP contribution is 2.38. The summed E-state index contributed by atoms with van der Waals surface area (Å²) in [6.45, 7) is 3.81. The largest absolute Gasteiger partial charge is 0.490 e. The number of nitrogens with two attached hydrogens (primary N) is 1. The number of ether oxygens (including phenoxy) is 2. The highest BCUT2D eigenvalue weighted by Gasteiger charge is 2.25. The van der Waals surface area contributed by atoms with Crippen LogP contribution < -0.4 is 15.2 Å². The summed E-state index contributed by atoms with van der Waals surface area (Å²) >= 11 is 0. The number of hydrogen-bond donors (Lipinski definition) is 1. The van der Waals surface area contributed by atoms with Gasteiger partial charge in [0, 0.05) is 12.5 Å². The molecule has 110 valence electrons. The lowest BCUT2D eigenvalue weighted by Crippen LogP contribution is -2.25. The van der Waals surface area contributed by atoms with Gasteiger partial charge in [0.2, 0.25) is 0 Å². The molecule has 1 aromatic rings. The van der Waals surface area contributed by atoms with Gasteiger partial charge in [-0.2, -0.15) is 0 Å². The first-order valence-electron chi connectivity index (χ1n) is 7.89. The van der Waals surface area contributed by atoms with Gasteiger partial charge in [0.1, 0.15) is 0 Å². The minimum Gasteiger partial charge on any atom is -0.490 e. The van der Waals surface area contributed by atoms with E-state index < -0.39 is 0 Å². The van der Waals surface area contributed by atoms with E-state index in [4.69, 9.17) is 15.2 Å². The first-order chi connectivity index (χ1) is 9.74. The number of hydrogen-bond acceptors (Lipinski definition) is 3. The smallest absolute Gasteiger partial charge is 0.161 e. The highest BCUT2D eigenvalue weighted by atomic mass is 16.5. The molecule has 1 aromatic carbocycles. The fraction of sp³-hybridized carbons (Fsp3) is 0.647. The summed E-state index contributed by atoms with van der Waals surface area (Å²) in [7, 11) is 0. The Morgan fingerprint density at radius 1 is 1.05 bits per heavy atom. The average Bonchev–Trinajstić information content (AvgIpc) is 2.71. The molecule has 0 saturated heterocycles. The van der Waals surface area contributed by atoms with Gasteiger partial charge in [0.05, 0.1) is 13.2 Å². The van der Waals surface area contributed by atoms with Crippen LogP contribution in [0.15, 0.2) is 18.2 Å². The molecule has 0 radical (unpaired) electrons. The summed E-state index contributed by atoms with van der Waals surface area (Å²) in [5.74, 6) is 3.19. The van der Waals surface area contributed by atoms with Crippen molar-refractivity contribution in [3.8, 4) is 11.5 Å². The maximum Gasteiger partial charge on any atom is 0.161 e. The van der Waals surface area contributed by atoms with Gasteiger partial charge in [-0.05, 0) is 42.4 Å². The molecule has 1 aliphatic carbocycles. The van der Waals surface area contributed by atoms with Crippen LogP contribution in [0.1, 0.15) is 50.6 Å². The van der Waals surface area contributed by atoms with Gasteiger partial charge >= 0.3 is 0 Å². The van der Waals surface area contributed by atoms with Crippen molar-refractivity contribution < 1.29 is 9.47 Å². The fourth-order valence-corrected chi connectivity index (χ4v) is 3.30. The lowest BCUT2D eigenvalue weighted by atomic mass is 9.77. The Bertz CT molecular complexity index is 452. The van der Waals surface area contributed by atoms with Gasteiger partial charge in [-0.1, -0.05) is 25.8 Å². The van der Waals surface area contributed by atoms with Crippen molar-refractivity contribution in [2.75, 3.05) is 13.2 Å². The van der Waals surface area contributed by atoms with Gasteiger partial charge in [0.25, 0.3) is 0 Å². The standard InChI is InChI=1S/C17H25NO2/c1-12-3-5-13(6-4-12)17(18)14-7-8-15-16(11-14)20-10-2-9-19-15/h7-8,11-13,17H,2-6,9-10,18H2,1H3. The molecule has 2 aliphatic rings. The van der Waals surface area contributed by atoms with E-state index in [1.807, 2.05) is 6.07 Å². The molecule has 3 rings (SSSR count). The Morgan fingerprint density at radius 2 is 1.75 bits per heavy atom. The van der Waals surface area contributed by atoms with Crippen LogP contribution >= 0.6 is 0 Å². The second-order valence-electron chi connectivity index (χ2n) is 6.30. The zero-order chi connectivity index (χ0) is 13.9. The second-order valence-corrected chi connectivity index (χ2v) is 6.30. The molecule has 2 N–H and O–H groups in total. The Morgan fingerprint density at radius 3 is 2.50 bits per heavy atom. The summed E-state index contributed by atoms with van der Waals surface area (Å²) in [5.41, 5.74) is 7.68. The van der Waals surface area contributed by atoms with Crippen LogP contribution in [0.5, 0.6) is 11.5 Å². The first kappa shape index (κ1) is 13.7. The van der Waals surface area contributed by atoms with Crippen LogP contribution in [0.2, 0.25) is 0 Å².